The third kappa shape index (κ3) is 5.45. The molecule has 4 heterocycles. The molecule has 0 unspecified atom stereocenters. The summed E-state index contributed by atoms with van der Waals surface area (Å²) in [6, 6.07) is 43.9. The van der Waals surface area contributed by atoms with Crippen molar-refractivity contribution in [2.45, 2.75) is 54.4 Å². The van der Waals surface area contributed by atoms with Gasteiger partial charge in [-0.1, -0.05) is 102 Å². The van der Waals surface area contributed by atoms with Crippen molar-refractivity contribution in [3.8, 4) is 22.5 Å². The highest BCUT2D eigenvalue weighted by Gasteiger charge is 2.19. The first-order valence-electron chi connectivity index (χ1n) is 17.0. The van der Waals surface area contributed by atoms with Crippen LogP contribution >= 0.6 is 0 Å². The van der Waals surface area contributed by atoms with Crippen molar-refractivity contribution in [1.29, 1.82) is 0 Å². The average Bonchev–Trinajstić information content (AvgIpc) is 3.56. The Kier molecular flexibility index (Phi) is 7.03. The Hall–Kier alpha value is -5.22. The number of rotatable bonds is 5. The fourth-order valence-corrected chi connectivity index (χ4v) is 7.23. The van der Waals surface area contributed by atoms with Gasteiger partial charge in [-0.2, -0.15) is 0 Å². The van der Waals surface area contributed by atoms with Gasteiger partial charge in [0.05, 0.1) is 33.1 Å². The Morgan fingerprint density at radius 3 is 1.27 bits per heavy atom. The second-order valence-corrected chi connectivity index (χ2v) is 15.6. The number of hydrogen-bond acceptors (Lipinski definition) is 2. The van der Waals surface area contributed by atoms with Gasteiger partial charge >= 0.3 is 0 Å². The highest BCUT2D eigenvalue weighted by atomic mass is 15.0. The normalized spacial score (nSPS) is 12.5. The zero-order valence-electron chi connectivity index (χ0n) is 28.8. The first-order chi connectivity index (χ1) is 23.0. The number of fused-ring (bicyclic) bond motifs is 6. The van der Waals surface area contributed by atoms with Gasteiger partial charge in [-0.15, -0.1) is 0 Å². The highest BCUT2D eigenvalue weighted by Crippen LogP contribution is 2.36. The lowest BCUT2D eigenvalue weighted by molar-refractivity contribution is 0.406. The number of aromatic nitrogens is 4. The van der Waals surface area contributed by atoms with Crippen LogP contribution in [0, 0.1) is 10.8 Å². The van der Waals surface area contributed by atoms with Gasteiger partial charge in [-0.25, -0.2) is 0 Å². The van der Waals surface area contributed by atoms with E-state index in [0.29, 0.717) is 0 Å². The van der Waals surface area contributed by atoms with Gasteiger partial charge in [-0.05, 0) is 95.5 Å². The van der Waals surface area contributed by atoms with Crippen molar-refractivity contribution < 1.29 is 0 Å². The van der Waals surface area contributed by atoms with Crippen molar-refractivity contribution in [2.75, 3.05) is 0 Å². The predicted molar refractivity (Wildman–Crippen MR) is 202 cm³/mol. The largest absolute Gasteiger partial charge is 0.308 e. The summed E-state index contributed by atoms with van der Waals surface area (Å²) >= 11 is 0. The van der Waals surface area contributed by atoms with Crippen LogP contribution in [0.3, 0.4) is 0 Å². The monoisotopic (exact) mass is 626 g/mol. The Bertz CT molecular complexity index is 2300. The molecule has 0 amide bonds. The van der Waals surface area contributed by atoms with Gasteiger partial charge < -0.3 is 9.13 Å². The average molecular weight is 627 g/mol. The molecular weight excluding hydrogens is 585 g/mol. The molecule has 0 radical (unpaired) electrons. The smallest absolute Gasteiger partial charge is 0.0966 e. The van der Waals surface area contributed by atoms with Crippen LogP contribution in [0.2, 0.25) is 0 Å². The summed E-state index contributed by atoms with van der Waals surface area (Å²) in [6.45, 7) is 13.6. The minimum atomic E-state index is 0.173. The lowest BCUT2D eigenvalue weighted by Crippen LogP contribution is -2.10. The molecule has 0 aliphatic heterocycles. The number of para-hydroxylation sites is 2. The quantitative estimate of drug-likeness (QED) is 0.191. The summed E-state index contributed by atoms with van der Waals surface area (Å²) < 4.78 is 4.72. The Morgan fingerprint density at radius 1 is 0.438 bits per heavy atom. The molecule has 0 spiro atoms. The second-order valence-electron chi connectivity index (χ2n) is 15.6. The van der Waals surface area contributed by atoms with Gasteiger partial charge in [0.25, 0.3) is 0 Å². The molecule has 4 aromatic heterocycles. The fourth-order valence-electron chi connectivity index (χ4n) is 7.23. The van der Waals surface area contributed by atoms with Crippen molar-refractivity contribution in [3.05, 3.63) is 133 Å². The molecule has 0 bridgehead atoms. The Balaban J connectivity index is 1.24. The lowest BCUT2D eigenvalue weighted by atomic mass is 9.90. The second kappa shape index (κ2) is 11.2. The topological polar surface area (TPSA) is 35.6 Å². The van der Waals surface area contributed by atoms with Crippen LogP contribution in [-0.2, 0) is 12.8 Å². The zero-order chi connectivity index (χ0) is 33.2. The van der Waals surface area contributed by atoms with E-state index in [-0.39, 0.29) is 10.8 Å². The fraction of sp³-hybridized carbons (Fsp3) is 0.227. The Morgan fingerprint density at radius 2 is 0.854 bits per heavy atom. The summed E-state index contributed by atoms with van der Waals surface area (Å²) in [4.78, 5) is 10.4. The maximum atomic E-state index is 5.20. The molecule has 4 heteroatoms. The minimum absolute atomic E-state index is 0.173. The molecule has 0 fully saturated rings. The van der Waals surface area contributed by atoms with Crippen molar-refractivity contribution >= 4 is 43.9 Å². The van der Waals surface area contributed by atoms with Crippen LogP contribution in [-0.4, -0.2) is 19.1 Å². The van der Waals surface area contributed by atoms with Gasteiger partial charge in [0.1, 0.15) is 0 Å². The van der Waals surface area contributed by atoms with E-state index in [1.165, 1.54) is 32.9 Å². The molecule has 8 rings (SSSR count). The molecule has 0 aliphatic rings. The Labute approximate surface area is 282 Å². The van der Waals surface area contributed by atoms with Gasteiger partial charge in [0.2, 0.25) is 0 Å². The van der Waals surface area contributed by atoms with E-state index < -0.39 is 0 Å². The summed E-state index contributed by atoms with van der Waals surface area (Å²) in [5.74, 6) is 0. The third-order valence-electron chi connectivity index (χ3n) is 9.11. The van der Waals surface area contributed by atoms with Crippen molar-refractivity contribution in [1.82, 2.24) is 19.1 Å². The zero-order valence-corrected chi connectivity index (χ0v) is 28.8. The van der Waals surface area contributed by atoms with E-state index in [2.05, 4.69) is 172 Å². The molecule has 0 aliphatic carbocycles. The van der Waals surface area contributed by atoms with E-state index in [4.69, 9.17) is 9.97 Å². The molecule has 0 saturated heterocycles. The lowest BCUT2D eigenvalue weighted by Gasteiger charge is -2.17. The van der Waals surface area contributed by atoms with Crippen LogP contribution < -0.4 is 0 Å². The van der Waals surface area contributed by atoms with Gasteiger partial charge in [0, 0.05) is 33.5 Å². The predicted octanol–water partition coefficient (Wildman–Crippen LogP) is 11.5. The van der Waals surface area contributed by atoms with E-state index in [0.717, 1.165) is 57.7 Å². The minimum Gasteiger partial charge on any atom is -0.308 e. The molecule has 8 aromatic rings. The number of benzene rings is 4. The van der Waals surface area contributed by atoms with Gasteiger partial charge in [-0.3, -0.25) is 9.97 Å². The number of nitrogens with zero attached hydrogens (tertiary/aromatic N) is 4. The van der Waals surface area contributed by atoms with Crippen LogP contribution in [0.4, 0.5) is 0 Å². The van der Waals surface area contributed by atoms with Crippen molar-refractivity contribution in [2.24, 2.45) is 10.8 Å². The molecule has 0 saturated carbocycles. The molecule has 238 valence electrons. The first-order valence-corrected chi connectivity index (χ1v) is 17.0. The maximum Gasteiger partial charge on any atom is 0.0966 e. The SMILES string of the molecule is CC(C)(C)Cc1ccc2c(n1)c1ccccc1n2-c1cccc(-c2cccc(-n3c4ccccc4c4nc(CC(C)(C)C)ccc43)c2)c1. The first kappa shape index (κ1) is 30.1. The molecule has 4 nitrogen and oxygen atoms in total. The van der Waals surface area contributed by atoms with Gasteiger partial charge in [0.15, 0.2) is 0 Å². The third-order valence-corrected chi connectivity index (χ3v) is 9.11. The summed E-state index contributed by atoms with van der Waals surface area (Å²) in [5.41, 5.74) is 13.9. The molecule has 4 aromatic carbocycles. The standard InChI is InChI=1S/C44H42N4/c1-43(2,3)27-31-21-23-39-41(45-31)35-17-7-9-19-37(35)47(39)33-15-11-13-29(25-33)30-14-12-16-34(26-30)48-38-20-10-8-18-36(38)42-40(48)24-22-32(46-42)28-44(4,5)6/h7-26H,27-28H2,1-6H3. The van der Waals surface area contributed by atoms with Crippen LogP contribution in [0.25, 0.3) is 66.4 Å². The maximum absolute atomic E-state index is 5.20. The number of hydrogen-bond donors (Lipinski definition) is 0. The summed E-state index contributed by atoms with van der Waals surface area (Å²) in [7, 11) is 0. The van der Waals surface area contributed by atoms with E-state index >= 15 is 0 Å². The van der Waals surface area contributed by atoms with E-state index in [9.17, 15) is 0 Å². The van der Waals surface area contributed by atoms with E-state index in [1.54, 1.807) is 0 Å². The highest BCUT2D eigenvalue weighted by molar-refractivity contribution is 6.08. The van der Waals surface area contributed by atoms with Crippen LogP contribution in [0.1, 0.15) is 52.9 Å². The molecule has 0 N–H and O–H groups in total. The number of pyridine rings is 2. The summed E-state index contributed by atoms with van der Waals surface area (Å²) in [6.07, 6.45) is 1.88. The van der Waals surface area contributed by atoms with Crippen LogP contribution in [0.15, 0.2) is 121 Å². The molecule has 0 atom stereocenters. The van der Waals surface area contributed by atoms with Crippen molar-refractivity contribution in [3.63, 3.8) is 0 Å². The van der Waals surface area contributed by atoms with E-state index in [1.807, 2.05) is 0 Å². The summed E-state index contributed by atoms with van der Waals surface area (Å²) in [5, 5.41) is 2.36. The van der Waals surface area contributed by atoms with Crippen LogP contribution in [0.5, 0.6) is 0 Å². The molecular formula is C44H42N4. The molecule has 48 heavy (non-hydrogen) atoms.